The Morgan fingerprint density at radius 1 is 1.64 bits per heavy atom. The molecule has 2 rings (SSSR count). The molecule has 14 heavy (non-hydrogen) atoms. The Morgan fingerprint density at radius 3 is 2.86 bits per heavy atom. The van der Waals surface area contributed by atoms with Crippen molar-refractivity contribution in [3.8, 4) is 0 Å². The molecule has 2 heterocycles. The van der Waals surface area contributed by atoms with Crippen molar-refractivity contribution in [1.29, 1.82) is 0 Å². The lowest BCUT2D eigenvalue weighted by Gasteiger charge is -2.26. The van der Waals surface area contributed by atoms with Crippen LogP contribution in [0.4, 0.5) is 0 Å². The van der Waals surface area contributed by atoms with Gasteiger partial charge in [0.05, 0.1) is 11.5 Å². The lowest BCUT2D eigenvalue weighted by Crippen LogP contribution is -2.50. The molecule has 1 aliphatic rings. The Labute approximate surface area is 87.3 Å². The molecule has 0 radical (unpaired) electrons. The van der Waals surface area contributed by atoms with Crippen LogP contribution in [0.5, 0.6) is 0 Å². The second-order valence-corrected chi connectivity index (χ2v) is 6.63. The Balaban J connectivity index is 1.79. The van der Waals surface area contributed by atoms with Crippen LogP contribution in [0, 0.1) is 6.92 Å². The summed E-state index contributed by atoms with van der Waals surface area (Å²) in [5, 5.41) is 6.19. The molecule has 0 aromatic carbocycles. The van der Waals surface area contributed by atoms with Crippen molar-refractivity contribution in [2.24, 2.45) is 0 Å². The Morgan fingerprint density at radius 2 is 2.36 bits per heavy atom. The second kappa shape index (κ2) is 3.60. The molecule has 1 aromatic rings. The molecule has 0 amide bonds. The number of sulfone groups is 1. The summed E-state index contributed by atoms with van der Waals surface area (Å²) in [7, 11) is -2.71. The molecule has 78 valence electrons. The summed E-state index contributed by atoms with van der Waals surface area (Å²) in [5.74, 6) is 0.550. The van der Waals surface area contributed by atoms with Crippen LogP contribution in [-0.2, 0) is 16.4 Å². The van der Waals surface area contributed by atoms with E-state index in [1.165, 1.54) is 0 Å². The van der Waals surface area contributed by atoms with E-state index >= 15 is 0 Å². The highest BCUT2D eigenvalue weighted by atomic mass is 32.2. The third-order valence-electron chi connectivity index (χ3n) is 2.12. The number of nitrogens with zero attached hydrogens (tertiary/aromatic N) is 1. The molecule has 4 nitrogen and oxygen atoms in total. The molecular weight excluding hydrogens is 220 g/mol. The first-order valence-corrected chi connectivity index (χ1v) is 7.10. The standard InChI is InChI=1S/C8H12N2O2S2/c1-6-3-13-8(10-6)2-9-7-4-14(11,12)5-7/h3,7,9H,2,4-5H2,1H3. The molecule has 6 heteroatoms. The van der Waals surface area contributed by atoms with E-state index in [-0.39, 0.29) is 17.5 Å². The normalized spacial score (nSPS) is 20.6. The quantitative estimate of drug-likeness (QED) is 0.816. The molecule has 1 saturated heterocycles. The maximum atomic E-state index is 10.9. The molecular formula is C8H12N2O2S2. The number of thiazole rings is 1. The van der Waals surface area contributed by atoms with Crippen molar-refractivity contribution in [3.05, 3.63) is 16.1 Å². The molecule has 1 N–H and O–H groups in total. The maximum Gasteiger partial charge on any atom is 0.153 e. The molecule has 0 spiro atoms. The predicted molar refractivity (Wildman–Crippen MR) is 56.1 cm³/mol. The van der Waals surface area contributed by atoms with Crippen LogP contribution in [0.1, 0.15) is 10.7 Å². The summed E-state index contributed by atoms with van der Waals surface area (Å²) in [5.41, 5.74) is 1.02. The van der Waals surface area contributed by atoms with Gasteiger partial charge in [-0.05, 0) is 6.92 Å². The summed E-state index contributed by atoms with van der Waals surface area (Å²) in [4.78, 5) is 4.28. The number of aromatic nitrogens is 1. The Kier molecular flexibility index (Phi) is 2.59. The average Bonchev–Trinajstić information content (AvgIpc) is 2.44. The smallest absolute Gasteiger partial charge is 0.153 e. The van der Waals surface area contributed by atoms with Gasteiger partial charge in [-0.25, -0.2) is 13.4 Å². The molecule has 1 fully saturated rings. The van der Waals surface area contributed by atoms with Crippen LogP contribution >= 0.6 is 11.3 Å². The van der Waals surface area contributed by atoms with Crippen LogP contribution in [0.25, 0.3) is 0 Å². The van der Waals surface area contributed by atoms with Gasteiger partial charge in [0.15, 0.2) is 9.84 Å². The monoisotopic (exact) mass is 232 g/mol. The minimum atomic E-state index is -2.71. The van der Waals surface area contributed by atoms with Crippen LogP contribution < -0.4 is 5.32 Å². The second-order valence-electron chi connectivity index (χ2n) is 3.54. The molecule has 1 aromatic heterocycles. The van der Waals surface area contributed by atoms with Crippen molar-refractivity contribution in [1.82, 2.24) is 10.3 Å². The van der Waals surface area contributed by atoms with Gasteiger partial charge in [0.25, 0.3) is 0 Å². The van der Waals surface area contributed by atoms with Gasteiger partial charge >= 0.3 is 0 Å². The van der Waals surface area contributed by atoms with Gasteiger partial charge in [-0.1, -0.05) is 0 Å². The maximum absolute atomic E-state index is 10.9. The highest BCUT2D eigenvalue weighted by Crippen LogP contribution is 2.13. The topological polar surface area (TPSA) is 59.1 Å². The Bertz CT molecular complexity index is 412. The summed E-state index contributed by atoms with van der Waals surface area (Å²) < 4.78 is 21.7. The van der Waals surface area contributed by atoms with Crippen LogP contribution in [0.3, 0.4) is 0 Å². The highest BCUT2D eigenvalue weighted by Gasteiger charge is 2.32. The minimum Gasteiger partial charge on any atom is -0.306 e. The molecule has 0 aliphatic carbocycles. The van der Waals surface area contributed by atoms with E-state index in [1.54, 1.807) is 11.3 Å². The van der Waals surface area contributed by atoms with Crippen molar-refractivity contribution < 1.29 is 8.42 Å². The fraction of sp³-hybridized carbons (Fsp3) is 0.625. The molecule has 0 saturated carbocycles. The third-order valence-corrected chi connectivity index (χ3v) is 4.91. The lowest BCUT2D eigenvalue weighted by molar-refractivity contribution is 0.511. The summed E-state index contributed by atoms with van der Waals surface area (Å²) in [6, 6.07) is 0.129. The molecule has 0 atom stereocenters. The van der Waals surface area contributed by atoms with E-state index < -0.39 is 9.84 Å². The van der Waals surface area contributed by atoms with E-state index in [9.17, 15) is 8.42 Å². The summed E-state index contributed by atoms with van der Waals surface area (Å²) in [6.07, 6.45) is 0. The van der Waals surface area contributed by atoms with Crippen molar-refractivity contribution >= 4 is 21.2 Å². The fourth-order valence-electron chi connectivity index (χ4n) is 1.40. The van der Waals surface area contributed by atoms with Gasteiger partial charge in [-0.15, -0.1) is 11.3 Å². The van der Waals surface area contributed by atoms with Crippen LogP contribution in [0.15, 0.2) is 5.38 Å². The molecule has 1 aliphatic heterocycles. The average molecular weight is 232 g/mol. The largest absolute Gasteiger partial charge is 0.306 e. The van der Waals surface area contributed by atoms with Crippen molar-refractivity contribution in [3.63, 3.8) is 0 Å². The number of nitrogens with one attached hydrogen (secondary N) is 1. The van der Waals surface area contributed by atoms with E-state index in [4.69, 9.17) is 0 Å². The zero-order chi connectivity index (χ0) is 10.2. The SMILES string of the molecule is Cc1csc(CNC2CS(=O)(=O)C2)n1. The number of hydrogen-bond donors (Lipinski definition) is 1. The number of rotatable bonds is 3. The van der Waals surface area contributed by atoms with Crippen molar-refractivity contribution in [2.45, 2.75) is 19.5 Å². The number of hydrogen-bond acceptors (Lipinski definition) is 5. The summed E-state index contributed by atoms with van der Waals surface area (Å²) in [6.45, 7) is 2.63. The molecule has 0 unspecified atom stereocenters. The van der Waals surface area contributed by atoms with Gasteiger partial charge in [-0.2, -0.15) is 0 Å². The van der Waals surface area contributed by atoms with Crippen LogP contribution in [0.2, 0.25) is 0 Å². The zero-order valence-corrected chi connectivity index (χ0v) is 9.49. The van der Waals surface area contributed by atoms with Gasteiger partial charge in [0, 0.05) is 23.7 Å². The zero-order valence-electron chi connectivity index (χ0n) is 7.86. The first-order valence-electron chi connectivity index (χ1n) is 4.40. The van der Waals surface area contributed by atoms with E-state index in [0.717, 1.165) is 10.7 Å². The van der Waals surface area contributed by atoms with E-state index in [0.29, 0.717) is 6.54 Å². The van der Waals surface area contributed by atoms with Crippen LogP contribution in [-0.4, -0.2) is 30.9 Å². The first-order chi connectivity index (χ1) is 6.55. The fourth-order valence-corrected chi connectivity index (χ4v) is 3.48. The van der Waals surface area contributed by atoms with Gasteiger partial charge in [0.2, 0.25) is 0 Å². The summed E-state index contributed by atoms with van der Waals surface area (Å²) >= 11 is 1.60. The highest BCUT2D eigenvalue weighted by molar-refractivity contribution is 7.92. The molecule has 0 bridgehead atoms. The van der Waals surface area contributed by atoms with Gasteiger partial charge in [-0.3, -0.25) is 0 Å². The van der Waals surface area contributed by atoms with E-state index in [2.05, 4.69) is 10.3 Å². The number of aryl methyl sites for hydroxylation is 1. The van der Waals surface area contributed by atoms with Gasteiger partial charge < -0.3 is 5.32 Å². The minimum absolute atomic E-state index is 0.129. The van der Waals surface area contributed by atoms with E-state index in [1.807, 2.05) is 12.3 Å². The van der Waals surface area contributed by atoms with Crippen molar-refractivity contribution in [2.75, 3.05) is 11.5 Å². The predicted octanol–water partition coefficient (Wildman–Crippen LogP) is 0.338. The van der Waals surface area contributed by atoms with Gasteiger partial charge in [0.1, 0.15) is 5.01 Å². The Hall–Kier alpha value is -0.460. The lowest BCUT2D eigenvalue weighted by atomic mass is 10.4. The third kappa shape index (κ3) is 2.31. The first kappa shape index (κ1) is 10.1.